The predicted octanol–water partition coefficient (Wildman–Crippen LogP) is 2.93. The zero-order chi connectivity index (χ0) is 14.3. The second-order valence-electron chi connectivity index (χ2n) is 5.21. The molecule has 1 aromatic heterocycles. The molecule has 0 saturated carbocycles. The minimum absolute atomic E-state index is 0.272. The lowest BCUT2D eigenvalue weighted by atomic mass is 9.86. The molecule has 1 aliphatic carbocycles. The van der Waals surface area contributed by atoms with Gasteiger partial charge >= 0.3 is 5.97 Å². The first-order valence-corrected chi connectivity index (χ1v) is 6.96. The van der Waals surface area contributed by atoms with E-state index in [1.807, 2.05) is 13.0 Å². The van der Waals surface area contributed by atoms with Crippen LogP contribution in [0.3, 0.4) is 0 Å². The highest BCUT2D eigenvalue weighted by atomic mass is 16.4. The lowest BCUT2D eigenvalue weighted by Gasteiger charge is -2.20. The van der Waals surface area contributed by atoms with Gasteiger partial charge in [-0.25, -0.2) is 4.79 Å². The van der Waals surface area contributed by atoms with Crippen molar-refractivity contribution < 1.29 is 14.3 Å². The molecule has 1 N–H and O–H groups in total. The molecule has 104 valence electrons. The number of carboxylic acid groups (broad SMARTS) is 1. The van der Waals surface area contributed by atoms with Crippen LogP contribution in [-0.4, -0.2) is 11.1 Å². The second kappa shape index (κ2) is 4.78. The number of aromatic carboxylic acids is 1. The number of hydrogen-bond donors (Lipinski definition) is 1. The summed E-state index contributed by atoms with van der Waals surface area (Å²) in [5.41, 5.74) is 3.65. The third-order valence-electron chi connectivity index (χ3n) is 4.02. The number of carboxylic acids is 1. The Morgan fingerprint density at radius 1 is 1.30 bits per heavy atom. The third kappa shape index (κ3) is 1.92. The molecule has 4 nitrogen and oxygen atoms in total. The SMILES string of the molecule is CCc1c2c(cc3c(=O)cc(C(=O)O)oc13)CCCC2. The first kappa shape index (κ1) is 12.9. The van der Waals surface area contributed by atoms with E-state index in [1.54, 1.807) is 0 Å². The topological polar surface area (TPSA) is 67.5 Å². The standard InChI is InChI=1S/C16H16O4/c1-2-10-11-6-4-3-5-9(11)7-12-13(17)8-14(16(18)19)20-15(10)12/h7-8H,2-6H2,1H3,(H,18,19). The molecule has 0 saturated heterocycles. The number of rotatable bonds is 2. The Morgan fingerprint density at radius 3 is 2.75 bits per heavy atom. The van der Waals surface area contributed by atoms with E-state index in [0.717, 1.165) is 43.7 Å². The molecule has 0 atom stereocenters. The van der Waals surface area contributed by atoms with Gasteiger partial charge in [0.05, 0.1) is 5.39 Å². The number of carbonyl (C=O) groups is 1. The fourth-order valence-corrected chi connectivity index (χ4v) is 3.09. The molecule has 0 amide bonds. The zero-order valence-electron chi connectivity index (χ0n) is 11.4. The van der Waals surface area contributed by atoms with Crippen molar-refractivity contribution in [3.63, 3.8) is 0 Å². The first-order valence-electron chi connectivity index (χ1n) is 6.96. The molecule has 1 aliphatic rings. The van der Waals surface area contributed by atoms with E-state index in [9.17, 15) is 9.59 Å². The van der Waals surface area contributed by atoms with Crippen molar-refractivity contribution in [2.24, 2.45) is 0 Å². The molecular weight excluding hydrogens is 256 g/mol. The van der Waals surface area contributed by atoms with Crippen molar-refractivity contribution in [2.45, 2.75) is 39.0 Å². The van der Waals surface area contributed by atoms with Gasteiger partial charge in [0.25, 0.3) is 0 Å². The molecule has 1 aromatic carbocycles. The van der Waals surface area contributed by atoms with Crippen molar-refractivity contribution in [1.29, 1.82) is 0 Å². The average molecular weight is 272 g/mol. The monoisotopic (exact) mass is 272 g/mol. The number of aryl methyl sites for hydroxylation is 2. The Bertz CT molecular complexity index is 755. The van der Waals surface area contributed by atoms with Crippen LogP contribution in [0, 0.1) is 0 Å². The summed E-state index contributed by atoms with van der Waals surface area (Å²) in [5, 5.41) is 9.55. The molecule has 0 unspecified atom stereocenters. The molecule has 0 fully saturated rings. The molecule has 4 heteroatoms. The van der Waals surface area contributed by atoms with E-state index in [4.69, 9.17) is 9.52 Å². The fourth-order valence-electron chi connectivity index (χ4n) is 3.09. The third-order valence-corrected chi connectivity index (χ3v) is 4.02. The minimum Gasteiger partial charge on any atom is -0.475 e. The summed E-state index contributed by atoms with van der Waals surface area (Å²) in [6.45, 7) is 2.01. The Labute approximate surface area is 116 Å². The summed E-state index contributed by atoms with van der Waals surface area (Å²) in [4.78, 5) is 23.2. The van der Waals surface area contributed by atoms with Gasteiger partial charge in [0.15, 0.2) is 5.43 Å². The van der Waals surface area contributed by atoms with Crippen LogP contribution in [0.2, 0.25) is 0 Å². The number of benzene rings is 1. The van der Waals surface area contributed by atoms with Gasteiger partial charge in [-0.2, -0.15) is 0 Å². The van der Waals surface area contributed by atoms with Gasteiger partial charge in [-0.05, 0) is 54.9 Å². The number of fused-ring (bicyclic) bond motifs is 2. The van der Waals surface area contributed by atoms with E-state index < -0.39 is 5.97 Å². The smallest absolute Gasteiger partial charge is 0.371 e. The van der Waals surface area contributed by atoms with Crippen molar-refractivity contribution in [2.75, 3.05) is 0 Å². The Balaban J connectivity index is 2.41. The van der Waals surface area contributed by atoms with E-state index in [0.29, 0.717) is 11.0 Å². The van der Waals surface area contributed by atoms with E-state index in [1.165, 1.54) is 11.1 Å². The normalized spacial score (nSPS) is 14.2. The summed E-state index contributed by atoms with van der Waals surface area (Å²) in [7, 11) is 0. The zero-order valence-corrected chi connectivity index (χ0v) is 11.4. The van der Waals surface area contributed by atoms with Gasteiger partial charge in [0, 0.05) is 6.07 Å². The van der Waals surface area contributed by atoms with Gasteiger partial charge < -0.3 is 9.52 Å². The Morgan fingerprint density at radius 2 is 2.05 bits per heavy atom. The first-order chi connectivity index (χ1) is 9.61. The van der Waals surface area contributed by atoms with E-state index in [-0.39, 0.29) is 11.2 Å². The highest BCUT2D eigenvalue weighted by Gasteiger charge is 2.20. The maximum Gasteiger partial charge on any atom is 0.371 e. The predicted molar refractivity (Wildman–Crippen MR) is 75.5 cm³/mol. The molecule has 20 heavy (non-hydrogen) atoms. The van der Waals surface area contributed by atoms with Crippen molar-refractivity contribution in [3.8, 4) is 0 Å². The molecule has 0 bridgehead atoms. The largest absolute Gasteiger partial charge is 0.475 e. The maximum atomic E-state index is 12.1. The highest BCUT2D eigenvalue weighted by molar-refractivity contribution is 5.89. The summed E-state index contributed by atoms with van der Waals surface area (Å²) in [5.74, 6) is -1.49. The maximum absolute atomic E-state index is 12.1. The van der Waals surface area contributed by atoms with Gasteiger partial charge in [-0.3, -0.25) is 4.79 Å². The van der Waals surface area contributed by atoms with Crippen LogP contribution in [0.1, 0.15) is 47.0 Å². The molecule has 2 aromatic rings. The average Bonchev–Trinajstić information content (AvgIpc) is 2.45. The lowest BCUT2D eigenvalue weighted by Crippen LogP contribution is -2.12. The van der Waals surface area contributed by atoms with Crippen LogP contribution in [0.4, 0.5) is 0 Å². The highest BCUT2D eigenvalue weighted by Crippen LogP contribution is 2.31. The second-order valence-corrected chi connectivity index (χ2v) is 5.21. The summed E-state index contributed by atoms with van der Waals surface area (Å²) < 4.78 is 5.49. The Hall–Kier alpha value is -2.10. The molecular formula is C16H16O4. The molecule has 0 spiro atoms. The Kier molecular flexibility index (Phi) is 3.08. The molecule has 1 heterocycles. The summed E-state index contributed by atoms with van der Waals surface area (Å²) in [6, 6.07) is 2.96. The van der Waals surface area contributed by atoms with E-state index in [2.05, 4.69) is 0 Å². The van der Waals surface area contributed by atoms with Crippen molar-refractivity contribution >= 4 is 16.9 Å². The van der Waals surface area contributed by atoms with Crippen LogP contribution < -0.4 is 5.43 Å². The molecule has 3 rings (SSSR count). The fraction of sp³-hybridized carbons (Fsp3) is 0.375. The molecule has 0 aliphatic heterocycles. The van der Waals surface area contributed by atoms with Crippen LogP contribution in [-0.2, 0) is 19.3 Å². The minimum atomic E-state index is -1.20. The number of hydrogen-bond acceptors (Lipinski definition) is 3. The van der Waals surface area contributed by atoms with E-state index >= 15 is 0 Å². The molecule has 0 radical (unpaired) electrons. The van der Waals surface area contributed by atoms with Crippen LogP contribution in [0.5, 0.6) is 0 Å². The van der Waals surface area contributed by atoms with Crippen molar-refractivity contribution in [1.82, 2.24) is 0 Å². The summed E-state index contributed by atoms with van der Waals surface area (Å²) >= 11 is 0. The van der Waals surface area contributed by atoms with Gasteiger partial charge in [0.2, 0.25) is 5.76 Å². The van der Waals surface area contributed by atoms with Crippen LogP contribution in [0.25, 0.3) is 11.0 Å². The lowest BCUT2D eigenvalue weighted by molar-refractivity contribution is 0.0663. The van der Waals surface area contributed by atoms with Crippen molar-refractivity contribution in [3.05, 3.63) is 44.8 Å². The van der Waals surface area contributed by atoms with Crippen LogP contribution >= 0.6 is 0 Å². The quantitative estimate of drug-likeness (QED) is 0.912. The van der Waals surface area contributed by atoms with Gasteiger partial charge in [-0.1, -0.05) is 6.92 Å². The van der Waals surface area contributed by atoms with Gasteiger partial charge in [0.1, 0.15) is 5.58 Å². The van der Waals surface area contributed by atoms with Gasteiger partial charge in [-0.15, -0.1) is 0 Å². The summed E-state index contributed by atoms with van der Waals surface area (Å²) in [6.07, 6.45) is 4.98. The van der Waals surface area contributed by atoms with Crippen LogP contribution in [0.15, 0.2) is 21.3 Å².